The summed E-state index contributed by atoms with van der Waals surface area (Å²) < 4.78 is 15.1. The van der Waals surface area contributed by atoms with Crippen molar-refractivity contribution in [2.45, 2.75) is 25.3 Å². The summed E-state index contributed by atoms with van der Waals surface area (Å²) in [6.07, 6.45) is 4.29. The number of benzene rings is 1. The Morgan fingerprint density at radius 3 is 2.71 bits per heavy atom. The number of hydrogen-bond donors (Lipinski definition) is 0. The van der Waals surface area contributed by atoms with Gasteiger partial charge in [-0.2, -0.15) is 0 Å². The zero-order valence-electron chi connectivity index (χ0n) is 11.6. The van der Waals surface area contributed by atoms with E-state index in [-0.39, 0.29) is 11.9 Å². The van der Waals surface area contributed by atoms with E-state index in [4.69, 9.17) is 11.6 Å². The van der Waals surface area contributed by atoms with Crippen LogP contribution in [0, 0.1) is 5.82 Å². The standard InChI is InChI=1S/C16H15ClFN3/c1-11(8-12-2-4-13(18)5-3-12)21-15-6-7-19-10-14(15)20-16(21)9-17/h2-7,10-11H,8-9H2,1H3. The number of alkyl halides is 1. The summed E-state index contributed by atoms with van der Waals surface area (Å²) in [6.45, 7) is 2.11. The van der Waals surface area contributed by atoms with Crippen molar-refractivity contribution in [1.29, 1.82) is 0 Å². The van der Waals surface area contributed by atoms with Crippen LogP contribution in [0.2, 0.25) is 0 Å². The molecule has 0 amide bonds. The third-order valence-corrected chi connectivity index (χ3v) is 3.81. The lowest BCUT2D eigenvalue weighted by Crippen LogP contribution is -2.11. The van der Waals surface area contributed by atoms with E-state index in [0.717, 1.165) is 28.8 Å². The molecule has 108 valence electrons. The average molecular weight is 304 g/mol. The molecular formula is C16H15ClFN3. The first-order valence-corrected chi connectivity index (χ1v) is 7.33. The van der Waals surface area contributed by atoms with Gasteiger partial charge in [0.25, 0.3) is 0 Å². The molecule has 2 aromatic heterocycles. The normalized spacial score (nSPS) is 12.7. The summed E-state index contributed by atoms with van der Waals surface area (Å²) in [5.41, 5.74) is 2.95. The molecule has 3 rings (SSSR count). The van der Waals surface area contributed by atoms with E-state index in [0.29, 0.717) is 5.88 Å². The van der Waals surface area contributed by atoms with Gasteiger partial charge < -0.3 is 4.57 Å². The Balaban J connectivity index is 1.96. The van der Waals surface area contributed by atoms with E-state index in [1.165, 1.54) is 12.1 Å². The molecule has 1 unspecified atom stereocenters. The van der Waals surface area contributed by atoms with Gasteiger partial charge in [0, 0.05) is 12.2 Å². The van der Waals surface area contributed by atoms with Crippen LogP contribution in [0.15, 0.2) is 42.7 Å². The summed E-state index contributed by atoms with van der Waals surface area (Å²) in [5.74, 6) is 0.962. The average Bonchev–Trinajstić information content (AvgIpc) is 2.88. The van der Waals surface area contributed by atoms with E-state index in [2.05, 4.69) is 21.5 Å². The van der Waals surface area contributed by atoms with E-state index >= 15 is 0 Å². The van der Waals surface area contributed by atoms with E-state index in [9.17, 15) is 4.39 Å². The molecular weight excluding hydrogens is 289 g/mol. The van der Waals surface area contributed by atoms with Gasteiger partial charge in [0.15, 0.2) is 0 Å². The topological polar surface area (TPSA) is 30.7 Å². The van der Waals surface area contributed by atoms with Crippen molar-refractivity contribution < 1.29 is 4.39 Å². The maximum atomic E-state index is 13.0. The Labute approximate surface area is 127 Å². The highest BCUT2D eigenvalue weighted by atomic mass is 35.5. The van der Waals surface area contributed by atoms with Crippen LogP contribution in [0.4, 0.5) is 4.39 Å². The molecule has 1 atom stereocenters. The molecule has 0 aliphatic heterocycles. The number of rotatable bonds is 4. The van der Waals surface area contributed by atoms with Gasteiger partial charge in [0.2, 0.25) is 0 Å². The highest BCUT2D eigenvalue weighted by Crippen LogP contribution is 2.24. The van der Waals surface area contributed by atoms with Gasteiger partial charge in [-0.1, -0.05) is 12.1 Å². The molecule has 3 nitrogen and oxygen atoms in total. The molecule has 0 spiro atoms. The van der Waals surface area contributed by atoms with Crippen LogP contribution in [0.1, 0.15) is 24.4 Å². The number of aromatic nitrogens is 3. The monoisotopic (exact) mass is 303 g/mol. The second-order valence-corrected chi connectivity index (χ2v) is 5.34. The van der Waals surface area contributed by atoms with Crippen LogP contribution in [-0.4, -0.2) is 14.5 Å². The second kappa shape index (κ2) is 5.82. The lowest BCUT2D eigenvalue weighted by Gasteiger charge is -2.17. The molecule has 0 saturated carbocycles. The van der Waals surface area contributed by atoms with E-state index in [1.54, 1.807) is 12.4 Å². The summed E-state index contributed by atoms with van der Waals surface area (Å²) in [7, 11) is 0. The molecule has 0 aliphatic carbocycles. The molecule has 0 bridgehead atoms. The molecule has 0 saturated heterocycles. The number of fused-ring (bicyclic) bond motifs is 1. The molecule has 0 fully saturated rings. The first kappa shape index (κ1) is 14.0. The van der Waals surface area contributed by atoms with Crippen LogP contribution < -0.4 is 0 Å². The highest BCUT2D eigenvalue weighted by molar-refractivity contribution is 6.16. The maximum Gasteiger partial charge on any atom is 0.125 e. The molecule has 0 aliphatic rings. The minimum absolute atomic E-state index is 0.177. The van der Waals surface area contributed by atoms with Crippen molar-refractivity contribution in [3.05, 3.63) is 59.9 Å². The van der Waals surface area contributed by atoms with Gasteiger partial charge in [-0.15, -0.1) is 11.6 Å². The molecule has 0 N–H and O–H groups in total. The Bertz CT molecular complexity index is 752. The van der Waals surface area contributed by atoms with Crippen molar-refractivity contribution in [2.75, 3.05) is 0 Å². The third-order valence-electron chi connectivity index (χ3n) is 3.57. The molecule has 21 heavy (non-hydrogen) atoms. The lowest BCUT2D eigenvalue weighted by molar-refractivity contribution is 0.542. The Morgan fingerprint density at radius 2 is 2.00 bits per heavy atom. The molecule has 5 heteroatoms. The summed E-state index contributed by atoms with van der Waals surface area (Å²) in [5, 5.41) is 0. The summed E-state index contributed by atoms with van der Waals surface area (Å²) in [4.78, 5) is 8.61. The molecule has 3 aromatic rings. The third kappa shape index (κ3) is 2.76. The van der Waals surface area contributed by atoms with Gasteiger partial charge in [-0.05, 0) is 37.1 Å². The maximum absolute atomic E-state index is 13.0. The van der Waals surface area contributed by atoms with Gasteiger partial charge in [0.05, 0.1) is 17.6 Å². The first-order chi connectivity index (χ1) is 10.2. The highest BCUT2D eigenvalue weighted by Gasteiger charge is 2.15. The zero-order valence-corrected chi connectivity index (χ0v) is 12.4. The Hall–Kier alpha value is -1.94. The Morgan fingerprint density at radius 1 is 1.24 bits per heavy atom. The van der Waals surface area contributed by atoms with Crippen LogP contribution in [0.25, 0.3) is 11.0 Å². The minimum Gasteiger partial charge on any atom is -0.324 e. The number of nitrogens with zero attached hydrogens (tertiary/aromatic N) is 3. The SMILES string of the molecule is CC(Cc1ccc(F)cc1)n1c(CCl)nc2cnccc21. The van der Waals surface area contributed by atoms with Crippen molar-refractivity contribution in [3.63, 3.8) is 0 Å². The van der Waals surface area contributed by atoms with Gasteiger partial charge in [0.1, 0.15) is 17.2 Å². The fourth-order valence-electron chi connectivity index (χ4n) is 2.64. The summed E-state index contributed by atoms with van der Waals surface area (Å²) >= 11 is 6.02. The number of imidazole rings is 1. The Kier molecular flexibility index (Phi) is 3.88. The van der Waals surface area contributed by atoms with Crippen molar-refractivity contribution >= 4 is 22.6 Å². The van der Waals surface area contributed by atoms with Gasteiger partial charge in [-0.25, -0.2) is 9.37 Å². The van der Waals surface area contributed by atoms with Crippen LogP contribution in [-0.2, 0) is 12.3 Å². The largest absolute Gasteiger partial charge is 0.324 e. The predicted octanol–water partition coefficient (Wildman–Crippen LogP) is 4.11. The van der Waals surface area contributed by atoms with Crippen LogP contribution in [0.5, 0.6) is 0 Å². The first-order valence-electron chi connectivity index (χ1n) is 6.80. The molecule has 0 radical (unpaired) electrons. The quantitative estimate of drug-likeness (QED) is 0.679. The van der Waals surface area contributed by atoms with E-state index in [1.807, 2.05) is 18.2 Å². The molecule has 2 heterocycles. The lowest BCUT2D eigenvalue weighted by atomic mass is 10.1. The number of pyridine rings is 1. The van der Waals surface area contributed by atoms with Crippen LogP contribution in [0.3, 0.4) is 0 Å². The van der Waals surface area contributed by atoms with Crippen LogP contribution >= 0.6 is 11.6 Å². The smallest absolute Gasteiger partial charge is 0.125 e. The van der Waals surface area contributed by atoms with Gasteiger partial charge >= 0.3 is 0 Å². The second-order valence-electron chi connectivity index (χ2n) is 5.08. The molecule has 1 aromatic carbocycles. The summed E-state index contributed by atoms with van der Waals surface area (Å²) in [6, 6.07) is 8.72. The predicted molar refractivity (Wildman–Crippen MR) is 81.9 cm³/mol. The minimum atomic E-state index is -0.216. The zero-order chi connectivity index (χ0) is 14.8. The fourth-order valence-corrected chi connectivity index (χ4v) is 2.83. The number of hydrogen-bond acceptors (Lipinski definition) is 2. The van der Waals surface area contributed by atoms with Crippen molar-refractivity contribution in [3.8, 4) is 0 Å². The van der Waals surface area contributed by atoms with Crippen molar-refractivity contribution in [2.24, 2.45) is 0 Å². The fraction of sp³-hybridized carbons (Fsp3) is 0.250. The van der Waals surface area contributed by atoms with Gasteiger partial charge in [-0.3, -0.25) is 4.98 Å². The van der Waals surface area contributed by atoms with E-state index < -0.39 is 0 Å². The number of halogens is 2. The van der Waals surface area contributed by atoms with Crippen molar-refractivity contribution in [1.82, 2.24) is 14.5 Å².